The summed E-state index contributed by atoms with van der Waals surface area (Å²) in [7, 11) is 0. The lowest BCUT2D eigenvalue weighted by molar-refractivity contribution is -0.139. The van der Waals surface area contributed by atoms with Gasteiger partial charge >= 0.3 is 11.9 Å². The molecule has 0 heterocycles. The number of nitrogens with one attached hydrogen (secondary N) is 1. The zero-order chi connectivity index (χ0) is 27.4. The predicted octanol–water partition coefficient (Wildman–Crippen LogP) is 3.16. The third-order valence-corrected chi connectivity index (χ3v) is 6.14. The lowest BCUT2D eigenvalue weighted by atomic mass is 9.90. The van der Waals surface area contributed by atoms with Crippen LogP contribution in [0.2, 0.25) is 0 Å². The molecule has 0 aliphatic heterocycles. The minimum atomic E-state index is -1.12. The molecule has 0 fully saturated rings. The number of hydrogen-bond donors (Lipinski definition) is 4. The van der Waals surface area contributed by atoms with E-state index in [1.165, 1.54) is 6.92 Å². The van der Waals surface area contributed by atoms with Gasteiger partial charge in [-0.15, -0.1) is 0 Å². The molecule has 0 aliphatic rings. The number of carboxylic acids is 2. The zero-order valence-corrected chi connectivity index (χ0v) is 20.8. The number of carbonyl (C=O) groups is 5. The van der Waals surface area contributed by atoms with Crippen molar-refractivity contribution in [1.82, 2.24) is 5.32 Å². The van der Waals surface area contributed by atoms with E-state index in [2.05, 4.69) is 5.32 Å². The van der Waals surface area contributed by atoms with Gasteiger partial charge in [-0.05, 0) is 54.5 Å². The van der Waals surface area contributed by atoms with Crippen molar-refractivity contribution in [3.05, 3.63) is 59.7 Å². The maximum absolute atomic E-state index is 12.8. The second kappa shape index (κ2) is 14.6. The number of hydrogen-bond acceptors (Lipinski definition) is 6. The normalized spacial score (nSPS) is 12.4. The van der Waals surface area contributed by atoms with Gasteiger partial charge in [-0.2, -0.15) is 0 Å². The molecule has 0 aromatic heterocycles. The van der Waals surface area contributed by atoms with Crippen LogP contribution in [-0.2, 0) is 37.0 Å². The van der Waals surface area contributed by atoms with E-state index >= 15 is 0 Å². The molecule has 9 nitrogen and oxygen atoms in total. The van der Waals surface area contributed by atoms with Crippen LogP contribution in [0.25, 0.3) is 11.1 Å². The third-order valence-electron chi connectivity index (χ3n) is 6.14. The maximum Gasteiger partial charge on any atom is 0.303 e. The smallest absolute Gasteiger partial charge is 0.303 e. The first-order valence-corrected chi connectivity index (χ1v) is 12.1. The van der Waals surface area contributed by atoms with Crippen LogP contribution in [0.4, 0.5) is 0 Å². The molecule has 0 saturated heterocycles. The third kappa shape index (κ3) is 10.3. The zero-order valence-electron chi connectivity index (χ0n) is 20.8. The highest BCUT2D eigenvalue weighted by Crippen LogP contribution is 2.22. The standard InChI is InChI=1S/C28H33NO8/c1-18(31)22(10-13-27(34)35)16-25(32)24(11-14-28(36)37)29-26(33)12-7-19-5-8-21(9-6-19)23-4-2-3-20(15-23)17-30/h2-6,8-9,15,22,24,30H,7,10-14,16-17H2,1H3,(H,29,33)(H,34,35)(H,36,37)/t22-,24+/m1/s1. The number of aryl methyl sites for hydroxylation is 1. The first-order valence-electron chi connectivity index (χ1n) is 12.1. The van der Waals surface area contributed by atoms with Crippen molar-refractivity contribution in [2.24, 2.45) is 5.92 Å². The molecule has 0 bridgehead atoms. The van der Waals surface area contributed by atoms with E-state index in [-0.39, 0.29) is 50.9 Å². The van der Waals surface area contributed by atoms with Gasteiger partial charge < -0.3 is 20.6 Å². The summed E-state index contributed by atoms with van der Waals surface area (Å²) in [6.45, 7) is 1.23. The molecule has 2 atom stereocenters. The van der Waals surface area contributed by atoms with E-state index in [4.69, 9.17) is 10.2 Å². The number of amides is 1. The molecular weight excluding hydrogens is 478 g/mol. The summed E-state index contributed by atoms with van der Waals surface area (Å²) in [5, 5.41) is 29.8. The summed E-state index contributed by atoms with van der Waals surface area (Å²) < 4.78 is 0. The highest BCUT2D eigenvalue weighted by Gasteiger charge is 2.26. The minimum Gasteiger partial charge on any atom is -0.481 e. The average Bonchev–Trinajstić information content (AvgIpc) is 2.87. The monoisotopic (exact) mass is 511 g/mol. The second-order valence-electron chi connectivity index (χ2n) is 9.02. The molecule has 0 spiro atoms. The largest absolute Gasteiger partial charge is 0.481 e. The van der Waals surface area contributed by atoms with Gasteiger partial charge in [-0.3, -0.25) is 24.0 Å². The van der Waals surface area contributed by atoms with Crippen LogP contribution in [0.3, 0.4) is 0 Å². The maximum atomic E-state index is 12.8. The first-order chi connectivity index (χ1) is 17.6. The number of carboxylic acid groups (broad SMARTS) is 2. The van der Waals surface area contributed by atoms with Crippen LogP contribution in [-0.4, -0.2) is 50.8 Å². The van der Waals surface area contributed by atoms with Gasteiger partial charge in [0, 0.05) is 31.6 Å². The molecule has 0 saturated carbocycles. The molecule has 0 radical (unpaired) electrons. The molecule has 2 aromatic rings. The van der Waals surface area contributed by atoms with Crippen molar-refractivity contribution in [2.75, 3.05) is 0 Å². The van der Waals surface area contributed by atoms with E-state index in [0.29, 0.717) is 6.42 Å². The van der Waals surface area contributed by atoms with Gasteiger partial charge in [0.15, 0.2) is 5.78 Å². The first kappa shape index (κ1) is 29.4. The molecule has 0 unspecified atom stereocenters. The van der Waals surface area contributed by atoms with E-state index in [0.717, 1.165) is 22.3 Å². The molecule has 1 amide bonds. The van der Waals surface area contributed by atoms with Crippen LogP contribution in [0.5, 0.6) is 0 Å². The molecule has 0 aliphatic carbocycles. The Morgan fingerprint density at radius 3 is 2.05 bits per heavy atom. The Morgan fingerprint density at radius 1 is 0.811 bits per heavy atom. The molecule has 9 heteroatoms. The fourth-order valence-electron chi connectivity index (χ4n) is 3.95. The van der Waals surface area contributed by atoms with E-state index < -0.39 is 35.6 Å². The topological polar surface area (TPSA) is 158 Å². The van der Waals surface area contributed by atoms with Crippen LogP contribution < -0.4 is 5.32 Å². The quantitative estimate of drug-likeness (QED) is 0.268. The lowest BCUT2D eigenvalue weighted by Gasteiger charge is -2.20. The van der Waals surface area contributed by atoms with E-state index in [1.807, 2.05) is 48.5 Å². The number of aliphatic hydroxyl groups excluding tert-OH is 1. The van der Waals surface area contributed by atoms with Gasteiger partial charge in [0.05, 0.1) is 12.6 Å². The second-order valence-corrected chi connectivity index (χ2v) is 9.02. The van der Waals surface area contributed by atoms with Crippen molar-refractivity contribution >= 4 is 29.4 Å². The number of aliphatic carboxylic acids is 2. The van der Waals surface area contributed by atoms with Crippen molar-refractivity contribution in [1.29, 1.82) is 0 Å². The summed E-state index contributed by atoms with van der Waals surface area (Å²) in [5.41, 5.74) is 3.63. The number of aliphatic hydroxyl groups is 1. The highest BCUT2D eigenvalue weighted by molar-refractivity contribution is 5.92. The van der Waals surface area contributed by atoms with Gasteiger partial charge in [0.25, 0.3) is 0 Å². The summed E-state index contributed by atoms with van der Waals surface area (Å²) in [6.07, 6.45) is -0.513. The molecule has 2 aromatic carbocycles. The van der Waals surface area contributed by atoms with Crippen LogP contribution in [0, 0.1) is 5.92 Å². The van der Waals surface area contributed by atoms with Gasteiger partial charge in [-0.25, -0.2) is 0 Å². The molecule has 2 rings (SSSR count). The van der Waals surface area contributed by atoms with Crippen molar-refractivity contribution in [3.63, 3.8) is 0 Å². The number of Topliss-reactive ketones (excluding diaryl/α,β-unsaturated/α-hetero) is 2. The van der Waals surface area contributed by atoms with E-state index in [9.17, 15) is 29.1 Å². The van der Waals surface area contributed by atoms with Crippen LogP contribution in [0.1, 0.15) is 56.6 Å². The van der Waals surface area contributed by atoms with Crippen LogP contribution >= 0.6 is 0 Å². The molecule has 37 heavy (non-hydrogen) atoms. The number of benzene rings is 2. The van der Waals surface area contributed by atoms with Crippen molar-refractivity contribution in [2.45, 2.75) is 64.5 Å². The Balaban J connectivity index is 1.98. The Bertz CT molecular complexity index is 1110. The van der Waals surface area contributed by atoms with E-state index in [1.54, 1.807) is 0 Å². The number of rotatable bonds is 16. The Labute approximate surface area is 215 Å². The average molecular weight is 512 g/mol. The predicted molar refractivity (Wildman–Crippen MR) is 136 cm³/mol. The fourth-order valence-corrected chi connectivity index (χ4v) is 3.95. The SMILES string of the molecule is CC(=O)[C@H](CCC(=O)O)CC(=O)[C@H](CCC(=O)O)NC(=O)CCc1ccc(-c2cccc(CO)c2)cc1. The fraction of sp³-hybridized carbons (Fsp3) is 0.393. The summed E-state index contributed by atoms with van der Waals surface area (Å²) in [5.74, 6) is -4.25. The molecule has 4 N–H and O–H groups in total. The summed E-state index contributed by atoms with van der Waals surface area (Å²) in [6, 6.07) is 14.1. The molecular formula is C28H33NO8. The van der Waals surface area contributed by atoms with Gasteiger partial charge in [-0.1, -0.05) is 42.5 Å². The Morgan fingerprint density at radius 2 is 1.46 bits per heavy atom. The highest BCUT2D eigenvalue weighted by atomic mass is 16.4. The summed E-state index contributed by atoms with van der Waals surface area (Å²) in [4.78, 5) is 59.2. The van der Waals surface area contributed by atoms with Crippen molar-refractivity contribution < 1.29 is 39.3 Å². The Hall–Kier alpha value is -3.85. The van der Waals surface area contributed by atoms with Crippen molar-refractivity contribution in [3.8, 4) is 11.1 Å². The minimum absolute atomic E-state index is 0.00368. The van der Waals surface area contributed by atoms with Crippen LogP contribution in [0.15, 0.2) is 48.5 Å². The lowest BCUT2D eigenvalue weighted by Crippen LogP contribution is -2.42. The van der Waals surface area contributed by atoms with Gasteiger partial charge in [0.2, 0.25) is 5.91 Å². The Kier molecular flexibility index (Phi) is 11.6. The van der Waals surface area contributed by atoms with Gasteiger partial charge in [0.1, 0.15) is 5.78 Å². The number of ketones is 2. The molecule has 198 valence electrons. The summed E-state index contributed by atoms with van der Waals surface area (Å²) >= 11 is 0. The number of carbonyl (C=O) groups excluding carboxylic acids is 3.